The maximum Gasteiger partial charge on any atom is 0.119 e. The number of ether oxygens (including phenoxy) is 1. The maximum atomic E-state index is 6.22. The van der Waals surface area contributed by atoms with Crippen LogP contribution in [0, 0.1) is 5.92 Å². The molecular formula is C15H17NO. The number of hydrogen-bond donors (Lipinski definition) is 1. The number of methoxy groups -OCH3 is 1. The molecule has 2 aromatic carbocycles. The average molecular weight is 227 g/mol. The van der Waals surface area contributed by atoms with Crippen molar-refractivity contribution in [2.24, 2.45) is 11.7 Å². The van der Waals surface area contributed by atoms with E-state index in [1.165, 1.54) is 29.2 Å². The Bertz CT molecular complexity index is 546. The summed E-state index contributed by atoms with van der Waals surface area (Å²) in [4.78, 5) is 0. The molecule has 1 aliphatic rings. The molecule has 2 nitrogen and oxygen atoms in total. The predicted molar refractivity (Wildman–Crippen MR) is 70.2 cm³/mol. The first kappa shape index (κ1) is 10.6. The first-order valence-electron chi connectivity index (χ1n) is 6.11. The minimum absolute atomic E-state index is 0.210. The number of rotatable bonds is 3. The van der Waals surface area contributed by atoms with Gasteiger partial charge in [0.25, 0.3) is 0 Å². The van der Waals surface area contributed by atoms with Crippen molar-refractivity contribution in [3.63, 3.8) is 0 Å². The third-order valence-electron chi connectivity index (χ3n) is 3.59. The Balaban J connectivity index is 2.00. The van der Waals surface area contributed by atoms with E-state index < -0.39 is 0 Å². The molecule has 0 spiro atoms. The molecule has 0 bridgehead atoms. The lowest BCUT2D eigenvalue weighted by atomic mass is 9.99. The normalized spacial score (nSPS) is 17.1. The molecule has 1 aliphatic carbocycles. The molecular weight excluding hydrogens is 210 g/mol. The number of hydrogen-bond acceptors (Lipinski definition) is 2. The number of fused-ring (bicyclic) bond motifs is 1. The lowest BCUT2D eigenvalue weighted by molar-refractivity contribution is 0.415. The van der Waals surface area contributed by atoms with E-state index in [1.807, 2.05) is 6.07 Å². The van der Waals surface area contributed by atoms with Gasteiger partial charge in [0.15, 0.2) is 0 Å². The van der Waals surface area contributed by atoms with Crippen LogP contribution in [0.25, 0.3) is 10.8 Å². The van der Waals surface area contributed by atoms with Crippen molar-refractivity contribution >= 4 is 10.8 Å². The van der Waals surface area contributed by atoms with Crippen LogP contribution in [-0.2, 0) is 0 Å². The zero-order valence-corrected chi connectivity index (χ0v) is 10.0. The Kier molecular flexibility index (Phi) is 2.52. The Labute approximate surface area is 101 Å². The Morgan fingerprint density at radius 3 is 2.53 bits per heavy atom. The van der Waals surface area contributed by atoms with Gasteiger partial charge in [0.05, 0.1) is 7.11 Å². The van der Waals surface area contributed by atoms with Gasteiger partial charge in [-0.25, -0.2) is 0 Å². The van der Waals surface area contributed by atoms with E-state index in [0.717, 1.165) is 5.75 Å². The van der Waals surface area contributed by atoms with Crippen molar-refractivity contribution in [2.45, 2.75) is 18.9 Å². The van der Waals surface area contributed by atoms with Crippen LogP contribution in [0.5, 0.6) is 5.75 Å². The van der Waals surface area contributed by atoms with Gasteiger partial charge < -0.3 is 10.5 Å². The van der Waals surface area contributed by atoms with Crippen LogP contribution in [0.2, 0.25) is 0 Å². The van der Waals surface area contributed by atoms with Gasteiger partial charge in [0.1, 0.15) is 5.75 Å². The van der Waals surface area contributed by atoms with Crippen molar-refractivity contribution in [2.75, 3.05) is 7.11 Å². The van der Waals surface area contributed by atoms with Crippen molar-refractivity contribution in [3.05, 3.63) is 42.0 Å². The summed E-state index contributed by atoms with van der Waals surface area (Å²) in [5.41, 5.74) is 7.48. The Morgan fingerprint density at radius 2 is 1.82 bits per heavy atom. The zero-order chi connectivity index (χ0) is 11.8. The van der Waals surface area contributed by atoms with Crippen LogP contribution < -0.4 is 10.5 Å². The fourth-order valence-electron chi connectivity index (χ4n) is 2.30. The van der Waals surface area contributed by atoms with E-state index in [4.69, 9.17) is 10.5 Å². The summed E-state index contributed by atoms with van der Waals surface area (Å²) in [5, 5.41) is 2.44. The van der Waals surface area contributed by atoms with Crippen molar-refractivity contribution in [1.29, 1.82) is 0 Å². The van der Waals surface area contributed by atoms with E-state index in [0.29, 0.717) is 5.92 Å². The van der Waals surface area contributed by atoms with Crippen LogP contribution in [0.3, 0.4) is 0 Å². The van der Waals surface area contributed by atoms with Gasteiger partial charge >= 0.3 is 0 Å². The standard InChI is InChI=1S/C15H17NO/c1-17-14-7-6-11-8-13(5-4-12(11)9-14)15(16)10-2-3-10/h4-10,15H,2-3,16H2,1H3. The van der Waals surface area contributed by atoms with Gasteiger partial charge in [-0.1, -0.05) is 18.2 Å². The largest absolute Gasteiger partial charge is 0.497 e. The highest BCUT2D eigenvalue weighted by Crippen LogP contribution is 2.40. The first-order chi connectivity index (χ1) is 8.28. The van der Waals surface area contributed by atoms with E-state index in [-0.39, 0.29) is 6.04 Å². The fraction of sp³-hybridized carbons (Fsp3) is 0.333. The van der Waals surface area contributed by atoms with E-state index in [2.05, 4.69) is 30.3 Å². The highest BCUT2D eigenvalue weighted by molar-refractivity contribution is 5.84. The molecule has 0 radical (unpaired) electrons. The first-order valence-corrected chi connectivity index (χ1v) is 6.11. The molecule has 2 heteroatoms. The summed E-state index contributed by atoms with van der Waals surface area (Å²) in [7, 11) is 1.69. The molecule has 0 heterocycles. The monoisotopic (exact) mass is 227 g/mol. The quantitative estimate of drug-likeness (QED) is 0.873. The summed E-state index contributed by atoms with van der Waals surface area (Å²) in [6, 6.07) is 12.8. The summed E-state index contributed by atoms with van der Waals surface area (Å²) >= 11 is 0. The molecule has 0 aromatic heterocycles. The van der Waals surface area contributed by atoms with Crippen molar-refractivity contribution < 1.29 is 4.74 Å². The second-order valence-electron chi connectivity index (χ2n) is 4.84. The van der Waals surface area contributed by atoms with Gasteiger partial charge in [0, 0.05) is 6.04 Å². The topological polar surface area (TPSA) is 35.2 Å². The lowest BCUT2D eigenvalue weighted by Gasteiger charge is -2.12. The zero-order valence-electron chi connectivity index (χ0n) is 10.0. The minimum atomic E-state index is 0.210. The summed E-state index contributed by atoms with van der Waals surface area (Å²) in [5.74, 6) is 1.60. The van der Waals surface area contributed by atoms with E-state index in [1.54, 1.807) is 7.11 Å². The third kappa shape index (κ3) is 2.01. The molecule has 3 rings (SSSR count). The van der Waals surface area contributed by atoms with Gasteiger partial charge in [0.2, 0.25) is 0 Å². The molecule has 0 saturated heterocycles. The van der Waals surface area contributed by atoms with Crippen molar-refractivity contribution in [3.8, 4) is 5.75 Å². The fourth-order valence-corrected chi connectivity index (χ4v) is 2.30. The van der Waals surface area contributed by atoms with Crippen LogP contribution in [-0.4, -0.2) is 7.11 Å². The molecule has 1 saturated carbocycles. The predicted octanol–water partition coefficient (Wildman–Crippen LogP) is 3.26. The molecule has 0 amide bonds. The molecule has 1 unspecified atom stereocenters. The molecule has 1 fully saturated rings. The van der Waals surface area contributed by atoms with E-state index in [9.17, 15) is 0 Å². The summed E-state index contributed by atoms with van der Waals surface area (Å²) in [6.45, 7) is 0. The summed E-state index contributed by atoms with van der Waals surface area (Å²) in [6.07, 6.45) is 2.56. The number of benzene rings is 2. The van der Waals surface area contributed by atoms with Crippen LogP contribution in [0.1, 0.15) is 24.4 Å². The van der Waals surface area contributed by atoms with Crippen molar-refractivity contribution in [1.82, 2.24) is 0 Å². The van der Waals surface area contributed by atoms with E-state index >= 15 is 0 Å². The number of nitrogens with two attached hydrogens (primary N) is 1. The molecule has 2 N–H and O–H groups in total. The Hall–Kier alpha value is -1.54. The van der Waals surface area contributed by atoms with Gasteiger partial charge in [-0.05, 0) is 53.3 Å². The average Bonchev–Trinajstić information content (AvgIpc) is 3.21. The highest BCUT2D eigenvalue weighted by Gasteiger charge is 2.29. The molecule has 1 atom stereocenters. The van der Waals surface area contributed by atoms with Gasteiger partial charge in [-0.2, -0.15) is 0 Å². The molecule has 88 valence electrons. The maximum absolute atomic E-state index is 6.22. The third-order valence-corrected chi connectivity index (χ3v) is 3.59. The van der Waals surface area contributed by atoms with Gasteiger partial charge in [-0.15, -0.1) is 0 Å². The minimum Gasteiger partial charge on any atom is -0.497 e. The lowest BCUT2D eigenvalue weighted by Crippen LogP contribution is -2.11. The SMILES string of the molecule is COc1ccc2cc(C(N)C3CC3)ccc2c1. The molecule has 17 heavy (non-hydrogen) atoms. The second kappa shape index (κ2) is 4.04. The van der Waals surface area contributed by atoms with Crippen LogP contribution in [0.15, 0.2) is 36.4 Å². The molecule has 2 aromatic rings. The van der Waals surface area contributed by atoms with Crippen LogP contribution in [0.4, 0.5) is 0 Å². The summed E-state index contributed by atoms with van der Waals surface area (Å²) < 4.78 is 5.22. The van der Waals surface area contributed by atoms with Gasteiger partial charge in [-0.3, -0.25) is 0 Å². The second-order valence-corrected chi connectivity index (χ2v) is 4.84. The molecule has 0 aliphatic heterocycles. The van der Waals surface area contributed by atoms with Crippen LogP contribution >= 0.6 is 0 Å². The highest BCUT2D eigenvalue weighted by atomic mass is 16.5. The smallest absolute Gasteiger partial charge is 0.119 e. The Morgan fingerprint density at radius 1 is 1.12 bits per heavy atom.